The van der Waals surface area contributed by atoms with Crippen LogP contribution in [0, 0.1) is 18.6 Å². The summed E-state index contributed by atoms with van der Waals surface area (Å²) in [5.74, 6) is -0.707. The molecule has 10 heteroatoms. The number of benzene rings is 1. The van der Waals surface area contributed by atoms with Gasteiger partial charge in [0.15, 0.2) is 4.90 Å². The summed E-state index contributed by atoms with van der Waals surface area (Å²) < 4.78 is 54.7. The number of hydrogen-bond acceptors (Lipinski definition) is 6. The van der Waals surface area contributed by atoms with Crippen molar-refractivity contribution in [2.75, 3.05) is 49.1 Å². The second-order valence-corrected chi connectivity index (χ2v) is 9.53. The summed E-state index contributed by atoms with van der Waals surface area (Å²) in [6.45, 7) is 4.75. The lowest BCUT2D eigenvalue weighted by Gasteiger charge is -2.35. The van der Waals surface area contributed by atoms with Gasteiger partial charge in [0.05, 0.1) is 0 Å². The zero-order valence-electron chi connectivity index (χ0n) is 16.9. The number of rotatable bonds is 4. The van der Waals surface area contributed by atoms with Crippen molar-refractivity contribution in [1.82, 2.24) is 14.3 Å². The fourth-order valence-electron chi connectivity index (χ4n) is 3.95. The number of nitrogens with zero attached hydrogens (tertiary/aromatic N) is 5. The number of aryl methyl sites for hydroxylation is 1. The van der Waals surface area contributed by atoms with Crippen molar-refractivity contribution in [2.45, 2.75) is 31.1 Å². The maximum absolute atomic E-state index is 14.0. The molecule has 0 radical (unpaired) electrons. The number of aromatic nitrogens is 2. The molecule has 0 saturated carbocycles. The Balaban J connectivity index is 1.50. The second kappa shape index (κ2) is 8.43. The smallest absolute Gasteiger partial charge is 0.249 e. The number of piperazine rings is 1. The van der Waals surface area contributed by atoms with Gasteiger partial charge in [0.25, 0.3) is 0 Å². The maximum atomic E-state index is 14.0. The summed E-state index contributed by atoms with van der Waals surface area (Å²) in [6, 6.07) is 5.02. The van der Waals surface area contributed by atoms with Crippen LogP contribution < -0.4 is 9.80 Å². The van der Waals surface area contributed by atoms with Gasteiger partial charge in [-0.05, 0) is 38.3 Å². The van der Waals surface area contributed by atoms with Gasteiger partial charge in [-0.25, -0.2) is 22.2 Å². The van der Waals surface area contributed by atoms with Gasteiger partial charge >= 0.3 is 0 Å². The highest BCUT2D eigenvalue weighted by Crippen LogP contribution is 2.25. The minimum Gasteiger partial charge on any atom is -0.356 e. The summed E-state index contributed by atoms with van der Waals surface area (Å²) in [5, 5.41) is 0. The van der Waals surface area contributed by atoms with Crippen molar-refractivity contribution in [3.63, 3.8) is 0 Å². The quantitative estimate of drug-likeness (QED) is 0.732. The second-order valence-electron chi connectivity index (χ2n) is 7.66. The Hall–Kier alpha value is -2.33. The standard InChI is InChI=1S/C20H25F2N5O2S/c1-15-14-18(25-8-3-2-4-9-25)24-20(23-15)26-10-12-27(13-11-26)30(28,29)19-16(21)6-5-7-17(19)22/h5-7,14H,2-4,8-13H2,1H3. The van der Waals surface area contributed by atoms with Crippen LogP contribution in [0.1, 0.15) is 25.0 Å². The lowest BCUT2D eigenvalue weighted by atomic mass is 10.1. The van der Waals surface area contributed by atoms with E-state index in [-0.39, 0.29) is 13.1 Å². The van der Waals surface area contributed by atoms with Crippen LogP contribution in [0.4, 0.5) is 20.5 Å². The first-order valence-electron chi connectivity index (χ1n) is 10.2. The molecule has 1 aromatic carbocycles. The zero-order chi connectivity index (χ0) is 21.3. The monoisotopic (exact) mass is 437 g/mol. The van der Waals surface area contributed by atoms with E-state index in [1.54, 1.807) is 0 Å². The van der Waals surface area contributed by atoms with E-state index in [4.69, 9.17) is 4.98 Å². The third kappa shape index (κ3) is 4.11. The molecule has 162 valence electrons. The Kier molecular flexibility index (Phi) is 5.88. The molecule has 0 unspecified atom stereocenters. The molecule has 4 rings (SSSR count). The van der Waals surface area contributed by atoms with Crippen LogP contribution in [0.15, 0.2) is 29.2 Å². The highest BCUT2D eigenvalue weighted by Gasteiger charge is 2.33. The van der Waals surface area contributed by atoms with Crippen molar-refractivity contribution >= 4 is 21.8 Å². The van der Waals surface area contributed by atoms with Crippen LogP contribution in [0.5, 0.6) is 0 Å². The van der Waals surface area contributed by atoms with Crippen molar-refractivity contribution in [1.29, 1.82) is 0 Å². The molecular formula is C20H25F2N5O2S. The van der Waals surface area contributed by atoms with E-state index in [1.807, 2.05) is 17.9 Å². The van der Waals surface area contributed by atoms with E-state index in [1.165, 1.54) is 6.42 Å². The van der Waals surface area contributed by atoms with Gasteiger partial charge in [0.1, 0.15) is 17.5 Å². The lowest BCUT2D eigenvalue weighted by molar-refractivity contribution is 0.376. The topological polar surface area (TPSA) is 69.6 Å². The highest BCUT2D eigenvalue weighted by atomic mass is 32.2. The SMILES string of the molecule is Cc1cc(N2CCCCC2)nc(N2CCN(S(=O)(=O)c3c(F)cccc3F)CC2)n1. The van der Waals surface area contributed by atoms with Gasteiger partial charge in [-0.15, -0.1) is 0 Å². The molecular weight excluding hydrogens is 412 g/mol. The largest absolute Gasteiger partial charge is 0.356 e. The van der Waals surface area contributed by atoms with Crippen LogP contribution in [0.3, 0.4) is 0 Å². The maximum Gasteiger partial charge on any atom is 0.249 e. The highest BCUT2D eigenvalue weighted by molar-refractivity contribution is 7.89. The summed E-state index contributed by atoms with van der Waals surface area (Å²) in [7, 11) is -4.25. The van der Waals surface area contributed by atoms with Gasteiger partial charge in [0, 0.05) is 51.0 Å². The minimum absolute atomic E-state index is 0.104. The number of sulfonamides is 1. The van der Waals surface area contributed by atoms with E-state index in [2.05, 4.69) is 9.88 Å². The van der Waals surface area contributed by atoms with E-state index >= 15 is 0 Å². The van der Waals surface area contributed by atoms with Crippen LogP contribution in [0.2, 0.25) is 0 Å². The predicted octanol–water partition coefficient (Wildman–Crippen LogP) is 2.56. The molecule has 0 N–H and O–H groups in total. The molecule has 0 amide bonds. The number of piperidine rings is 1. The normalized spacial score (nSPS) is 18.6. The molecule has 30 heavy (non-hydrogen) atoms. The van der Waals surface area contributed by atoms with E-state index < -0.39 is 26.6 Å². The Morgan fingerprint density at radius 1 is 0.867 bits per heavy atom. The Morgan fingerprint density at radius 2 is 1.50 bits per heavy atom. The predicted molar refractivity (Wildman–Crippen MR) is 110 cm³/mol. The lowest BCUT2D eigenvalue weighted by Crippen LogP contribution is -2.49. The van der Waals surface area contributed by atoms with Crippen LogP contribution >= 0.6 is 0 Å². The molecule has 2 aliphatic rings. The zero-order valence-corrected chi connectivity index (χ0v) is 17.7. The third-order valence-corrected chi connectivity index (χ3v) is 7.50. The molecule has 2 aromatic rings. The average molecular weight is 438 g/mol. The Morgan fingerprint density at radius 3 is 2.13 bits per heavy atom. The first-order chi connectivity index (χ1) is 14.4. The Bertz CT molecular complexity index is 1000. The molecule has 0 aliphatic carbocycles. The first kappa shape index (κ1) is 20.9. The molecule has 2 aliphatic heterocycles. The molecule has 7 nitrogen and oxygen atoms in total. The van der Waals surface area contributed by atoms with Gasteiger partial charge < -0.3 is 9.80 Å². The molecule has 0 atom stereocenters. The first-order valence-corrected chi connectivity index (χ1v) is 11.6. The van der Waals surface area contributed by atoms with Crippen molar-refractivity contribution in [2.24, 2.45) is 0 Å². The summed E-state index contributed by atoms with van der Waals surface area (Å²) >= 11 is 0. The fourth-order valence-corrected chi connectivity index (χ4v) is 5.48. The van der Waals surface area contributed by atoms with E-state index in [0.29, 0.717) is 19.0 Å². The van der Waals surface area contributed by atoms with Crippen LogP contribution in [-0.4, -0.2) is 62.0 Å². The molecule has 1 aromatic heterocycles. The van der Waals surface area contributed by atoms with E-state index in [0.717, 1.165) is 59.9 Å². The van der Waals surface area contributed by atoms with Gasteiger partial charge in [0.2, 0.25) is 16.0 Å². The molecule has 3 heterocycles. The number of hydrogen-bond donors (Lipinski definition) is 0. The summed E-state index contributed by atoms with van der Waals surface area (Å²) in [5.41, 5.74) is 0.851. The molecule has 2 fully saturated rings. The number of halogens is 2. The third-order valence-electron chi connectivity index (χ3n) is 5.55. The van der Waals surface area contributed by atoms with Crippen LogP contribution in [-0.2, 0) is 10.0 Å². The molecule has 0 spiro atoms. The van der Waals surface area contributed by atoms with Crippen LogP contribution in [0.25, 0.3) is 0 Å². The Labute approximate surface area is 175 Å². The van der Waals surface area contributed by atoms with Gasteiger partial charge in [-0.3, -0.25) is 0 Å². The van der Waals surface area contributed by atoms with Gasteiger partial charge in [-0.1, -0.05) is 6.07 Å². The van der Waals surface area contributed by atoms with Crippen molar-refractivity contribution < 1.29 is 17.2 Å². The summed E-state index contributed by atoms with van der Waals surface area (Å²) in [6.07, 6.45) is 3.51. The van der Waals surface area contributed by atoms with Gasteiger partial charge in [-0.2, -0.15) is 9.29 Å². The van der Waals surface area contributed by atoms with E-state index in [9.17, 15) is 17.2 Å². The summed E-state index contributed by atoms with van der Waals surface area (Å²) in [4.78, 5) is 12.5. The molecule has 2 saturated heterocycles. The molecule has 0 bridgehead atoms. The van der Waals surface area contributed by atoms with Crippen molar-refractivity contribution in [3.05, 3.63) is 41.6 Å². The fraction of sp³-hybridized carbons (Fsp3) is 0.500. The van der Waals surface area contributed by atoms with Crippen molar-refractivity contribution in [3.8, 4) is 0 Å². The number of anilines is 2. The average Bonchev–Trinajstić information content (AvgIpc) is 2.74. The minimum atomic E-state index is -4.25.